The van der Waals surface area contributed by atoms with Crippen LogP contribution in [-0.4, -0.2) is 11.3 Å². The molecule has 0 fully saturated rings. The molecule has 0 saturated carbocycles. The molecule has 0 aromatic heterocycles. The lowest BCUT2D eigenvalue weighted by Gasteiger charge is -2.09. The maximum atomic E-state index is 5.96. The Kier molecular flexibility index (Phi) is 6.65. The number of hydrogen-bond acceptors (Lipinski definition) is 3. The highest BCUT2D eigenvalue weighted by atomic mass is 35.5. The van der Waals surface area contributed by atoms with Gasteiger partial charge in [0, 0.05) is 5.69 Å². The monoisotopic (exact) mass is 415 g/mol. The Bertz CT molecular complexity index is 947. The second kappa shape index (κ2) is 9.37. The molecule has 136 valence electrons. The third-order valence-corrected chi connectivity index (χ3v) is 4.35. The summed E-state index contributed by atoms with van der Waals surface area (Å²) in [5.41, 5.74) is 4.38. The topological polar surface area (TPSA) is 45.7 Å². The molecule has 3 aromatic rings. The number of hydrogen-bond donors (Lipinski definition) is 2. The number of nitrogens with zero attached hydrogens (tertiary/aromatic N) is 1. The molecule has 0 aliphatic rings. The van der Waals surface area contributed by atoms with Crippen LogP contribution in [0.3, 0.4) is 0 Å². The highest BCUT2D eigenvalue weighted by Crippen LogP contribution is 2.23. The molecule has 0 atom stereocenters. The van der Waals surface area contributed by atoms with E-state index in [9.17, 15) is 0 Å². The number of halogens is 2. The summed E-state index contributed by atoms with van der Waals surface area (Å²) >= 11 is 17.1. The molecule has 7 heteroatoms. The van der Waals surface area contributed by atoms with Crippen molar-refractivity contribution in [2.45, 2.75) is 0 Å². The average molecular weight is 416 g/mol. The summed E-state index contributed by atoms with van der Waals surface area (Å²) in [6.07, 6.45) is 1.60. The van der Waals surface area contributed by atoms with Gasteiger partial charge >= 0.3 is 0 Å². The van der Waals surface area contributed by atoms with Gasteiger partial charge in [-0.15, -0.1) is 0 Å². The lowest BCUT2D eigenvalue weighted by Crippen LogP contribution is -2.23. The minimum Gasteiger partial charge on any atom is -0.457 e. The van der Waals surface area contributed by atoms with Crippen molar-refractivity contribution in [1.29, 1.82) is 0 Å². The number of para-hydroxylation sites is 1. The van der Waals surface area contributed by atoms with Gasteiger partial charge < -0.3 is 10.1 Å². The van der Waals surface area contributed by atoms with Gasteiger partial charge in [0.05, 0.1) is 16.3 Å². The average Bonchev–Trinajstić information content (AvgIpc) is 2.67. The van der Waals surface area contributed by atoms with E-state index in [0.717, 1.165) is 22.7 Å². The molecule has 0 aliphatic carbocycles. The lowest BCUT2D eigenvalue weighted by molar-refractivity contribution is 0.483. The summed E-state index contributed by atoms with van der Waals surface area (Å²) in [4.78, 5) is 0. The molecule has 3 rings (SSSR count). The maximum Gasteiger partial charge on any atom is 0.191 e. The van der Waals surface area contributed by atoms with Gasteiger partial charge in [-0.25, -0.2) is 0 Å². The van der Waals surface area contributed by atoms with Gasteiger partial charge in [-0.1, -0.05) is 47.5 Å². The Balaban J connectivity index is 1.51. The van der Waals surface area contributed by atoms with E-state index in [4.69, 9.17) is 40.2 Å². The minimum atomic E-state index is 0.364. The van der Waals surface area contributed by atoms with E-state index >= 15 is 0 Å². The van der Waals surface area contributed by atoms with Crippen molar-refractivity contribution in [3.8, 4) is 11.5 Å². The van der Waals surface area contributed by atoms with E-state index in [1.54, 1.807) is 24.4 Å². The largest absolute Gasteiger partial charge is 0.457 e. The molecule has 2 N–H and O–H groups in total. The quantitative estimate of drug-likeness (QED) is 0.299. The second-order valence-corrected chi connectivity index (χ2v) is 6.66. The fourth-order valence-corrected chi connectivity index (χ4v) is 2.63. The van der Waals surface area contributed by atoms with Crippen LogP contribution in [-0.2, 0) is 0 Å². The number of benzene rings is 3. The Labute approximate surface area is 172 Å². The first-order valence-electron chi connectivity index (χ1n) is 7.98. The van der Waals surface area contributed by atoms with Crippen LogP contribution in [0.1, 0.15) is 5.56 Å². The predicted octanol–water partition coefficient (Wildman–Crippen LogP) is 6.11. The van der Waals surface area contributed by atoms with Crippen LogP contribution in [0.5, 0.6) is 11.5 Å². The van der Waals surface area contributed by atoms with Crippen molar-refractivity contribution in [2.75, 3.05) is 5.32 Å². The van der Waals surface area contributed by atoms with Crippen molar-refractivity contribution in [1.82, 2.24) is 5.43 Å². The molecule has 0 unspecified atom stereocenters. The zero-order valence-electron chi connectivity index (χ0n) is 14.0. The van der Waals surface area contributed by atoms with Crippen LogP contribution in [0.2, 0.25) is 10.0 Å². The van der Waals surface area contributed by atoms with Gasteiger partial charge in [-0.2, -0.15) is 5.10 Å². The Hall–Kier alpha value is -2.60. The van der Waals surface area contributed by atoms with Gasteiger partial charge in [0.25, 0.3) is 0 Å². The molecule has 0 saturated heterocycles. The Morgan fingerprint density at radius 3 is 2.30 bits per heavy atom. The SMILES string of the molecule is S=C(N/N=C/c1ccc(Cl)c(Cl)c1)Nc1ccc(Oc2ccccc2)cc1. The highest BCUT2D eigenvalue weighted by molar-refractivity contribution is 7.80. The molecule has 0 radical (unpaired) electrons. The predicted molar refractivity (Wildman–Crippen MR) is 116 cm³/mol. The summed E-state index contributed by atoms with van der Waals surface area (Å²) in [7, 11) is 0. The van der Waals surface area contributed by atoms with Crippen LogP contribution in [0.4, 0.5) is 5.69 Å². The second-order valence-electron chi connectivity index (χ2n) is 5.44. The molecule has 0 bridgehead atoms. The summed E-state index contributed by atoms with van der Waals surface area (Å²) in [6, 6.07) is 22.3. The molecule has 0 spiro atoms. The Morgan fingerprint density at radius 1 is 0.889 bits per heavy atom. The van der Waals surface area contributed by atoms with Crippen molar-refractivity contribution < 1.29 is 4.74 Å². The number of hydrazone groups is 1. The van der Waals surface area contributed by atoms with Gasteiger partial charge in [0.2, 0.25) is 0 Å². The fraction of sp³-hybridized carbons (Fsp3) is 0. The first kappa shape index (κ1) is 19.2. The third kappa shape index (κ3) is 5.96. The molecule has 0 aliphatic heterocycles. The van der Waals surface area contributed by atoms with Crippen molar-refractivity contribution in [3.05, 3.63) is 88.4 Å². The van der Waals surface area contributed by atoms with Crippen LogP contribution in [0.15, 0.2) is 77.9 Å². The van der Waals surface area contributed by atoms with E-state index in [1.165, 1.54) is 0 Å². The van der Waals surface area contributed by atoms with Gasteiger partial charge in [0.1, 0.15) is 11.5 Å². The van der Waals surface area contributed by atoms with Crippen molar-refractivity contribution in [3.63, 3.8) is 0 Å². The zero-order valence-corrected chi connectivity index (χ0v) is 16.4. The summed E-state index contributed by atoms with van der Waals surface area (Å²) < 4.78 is 5.75. The smallest absolute Gasteiger partial charge is 0.191 e. The van der Waals surface area contributed by atoms with Gasteiger partial charge in [-0.05, 0) is 66.3 Å². The zero-order chi connectivity index (χ0) is 19.1. The number of ether oxygens (including phenoxy) is 1. The van der Waals surface area contributed by atoms with Crippen LogP contribution in [0.25, 0.3) is 0 Å². The van der Waals surface area contributed by atoms with Gasteiger partial charge in [0.15, 0.2) is 5.11 Å². The van der Waals surface area contributed by atoms with E-state index in [2.05, 4.69) is 15.8 Å². The first-order chi connectivity index (χ1) is 13.1. The summed E-state index contributed by atoms with van der Waals surface area (Å²) in [5.74, 6) is 1.52. The van der Waals surface area contributed by atoms with Crippen LogP contribution < -0.4 is 15.5 Å². The van der Waals surface area contributed by atoms with E-state index < -0.39 is 0 Å². The third-order valence-electron chi connectivity index (χ3n) is 3.41. The summed E-state index contributed by atoms with van der Waals surface area (Å²) in [6.45, 7) is 0. The molecule has 3 aromatic carbocycles. The first-order valence-corrected chi connectivity index (χ1v) is 9.15. The highest BCUT2D eigenvalue weighted by Gasteiger charge is 2.00. The number of rotatable bonds is 5. The normalized spacial score (nSPS) is 10.6. The maximum absolute atomic E-state index is 5.96. The van der Waals surface area contributed by atoms with Crippen LogP contribution >= 0.6 is 35.4 Å². The molecular weight excluding hydrogens is 401 g/mol. The Morgan fingerprint density at radius 2 is 1.59 bits per heavy atom. The van der Waals surface area contributed by atoms with Crippen molar-refractivity contribution in [2.24, 2.45) is 5.10 Å². The van der Waals surface area contributed by atoms with E-state index in [0.29, 0.717) is 15.2 Å². The van der Waals surface area contributed by atoms with E-state index in [-0.39, 0.29) is 0 Å². The molecule has 4 nitrogen and oxygen atoms in total. The van der Waals surface area contributed by atoms with Crippen molar-refractivity contribution >= 4 is 52.4 Å². The molecule has 0 heterocycles. The number of thiocarbonyl (C=S) groups is 1. The summed E-state index contributed by atoms with van der Waals surface area (Å²) in [5, 5.41) is 8.45. The number of anilines is 1. The molecular formula is C20H15Cl2N3OS. The lowest BCUT2D eigenvalue weighted by atomic mass is 10.2. The standard InChI is InChI=1S/C20H15Cl2N3OS/c21-18-11-6-14(12-19(18)22)13-23-25-20(27)24-15-7-9-17(10-8-15)26-16-4-2-1-3-5-16/h1-13H,(H2,24,25,27)/b23-13+. The fourth-order valence-electron chi connectivity index (χ4n) is 2.15. The minimum absolute atomic E-state index is 0.364. The van der Waals surface area contributed by atoms with Crippen LogP contribution in [0, 0.1) is 0 Å². The van der Waals surface area contributed by atoms with E-state index in [1.807, 2.05) is 54.6 Å². The number of nitrogens with one attached hydrogen (secondary N) is 2. The molecule has 27 heavy (non-hydrogen) atoms. The van der Waals surface area contributed by atoms with Gasteiger partial charge in [-0.3, -0.25) is 5.43 Å². The molecule has 0 amide bonds.